The summed E-state index contributed by atoms with van der Waals surface area (Å²) in [6, 6.07) is 4.43. The molecule has 0 unspecified atom stereocenters. The van der Waals surface area contributed by atoms with Gasteiger partial charge in [0.1, 0.15) is 0 Å². The summed E-state index contributed by atoms with van der Waals surface area (Å²) in [4.78, 5) is 25.6. The van der Waals surface area contributed by atoms with Crippen LogP contribution in [0.2, 0.25) is 0 Å². The van der Waals surface area contributed by atoms with Gasteiger partial charge in [0.05, 0.1) is 10.9 Å². The van der Waals surface area contributed by atoms with Gasteiger partial charge in [-0.2, -0.15) is 4.31 Å². The fraction of sp³-hybridized carbons (Fsp3) is 0.579. The second-order valence-electron chi connectivity index (χ2n) is 7.32. The maximum Gasteiger partial charge on any atom is 0.321 e. The predicted molar refractivity (Wildman–Crippen MR) is 105 cm³/mol. The highest BCUT2D eigenvalue weighted by Gasteiger charge is 2.32. The molecule has 154 valence electrons. The van der Waals surface area contributed by atoms with E-state index < -0.39 is 28.0 Å². The Balaban J connectivity index is 1.64. The van der Waals surface area contributed by atoms with Crippen LogP contribution < -0.4 is 10.6 Å². The molecule has 1 aliphatic heterocycles. The van der Waals surface area contributed by atoms with E-state index in [1.165, 1.54) is 16.9 Å². The van der Waals surface area contributed by atoms with Crippen LogP contribution in [-0.4, -0.2) is 68.8 Å². The van der Waals surface area contributed by atoms with E-state index in [9.17, 15) is 18.0 Å². The van der Waals surface area contributed by atoms with Gasteiger partial charge in [-0.1, -0.05) is 6.07 Å². The number of carbonyl (C=O) groups excluding carboxylic acids is 2. The Bertz CT molecular complexity index is 847. The number of benzene rings is 1. The summed E-state index contributed by atoms with van der Waals surface area (Å²) in [6.07, 6.45) is 4.21. The van der Waals surface area contributed by atoms with Crippen molar-refractivity contribution in [1.29, 1.82) is 0 Å². The lowest BCUT2D eigenvalue weighted by atomic mass is 9.92. The van der Waals surface area contributed by atoms with Gasteiger partial charge in [0, 0.05) is 33.2 Å². The van der Waals surface area contributed by atoms with Gasteiger partial charge < -0.3 is 5.32 Å². The normalized spacial score (nSPS) is 19.5. The zero-order valence-electron chi connectivity index (χ0n) is 16.4. The van der Waals surface area contributed by atoms with Gasteiger partial charge in [-0.15, -0.1) is 0 Å². The van der Waals surface area contributed by atoms with E-state index in [0.717, 1.165) is 31.2 Å². The quantitative estimate of drug-likeness (QED) is 0.765. The number of sulfonamides is 1. The average molecular weight is 409 g/mol. The summed E-state index contributed by atoms with van der Waals surface area (Å²) in [7, 11) is -2.10. The van der Waals surface area contributed by atoms with Crippen molar-refractivity contribution in [2.75, 3.05) is 33.2 Å². The van der Waals surface area contributed by atoms with Gasteiger partial charge in [0.15, 0.2) is 0 Å². The number of hydrogen-bond acceptors (Lipinski definition) is 5. The Kier molecular flexibility index (Phi) is 6.36. The molecule has 8 nitrogen and oxygen atoms in total. The molecule has 1 aromatic rings. The number of aryl methyl sites for hydroxylation is 2. The number of hydrogen-bond donors (Lipinski definition) is 2. The summed E-state index contributed by atoms with van der Waals surface area (Å²) < 4.78 is 27.6. The first kappa shape index (κ1) is 20.8. The molecule has 0 bridgehead atoms. The molecule has 1 aliphatic carbocycles. The number of piperazine rings is 1. The summed E-state index contributed by atoms with van der Waals surface area (Å²) in [5.41, 5.74) is 2.40. The number of nitrogens with zero attached hydrogens (tertiary/aromatic N) is 2. The van der Waals surface area contributed by atoms with Crippen LogP contribution in [0.4, 0.5) is 4.79 Å². The van der Waals surface area contributed by atoms with Crippen molar-refractivity contribution in [2.45, 2.75) is 43.5 Å². The maximum atomic E-state index is 13.0. The number of amides is 3. The van der Waals surface area contributed by atoms with Crippen molar-refractivity contribution in [3.05, 3.63) is 29.3 Å². The largest absolute Gasteiger partial charge is 0.341 e. The molecule has 0 saturated carbocycles. The van der Waals surface area contributed by atoms with Gasteiger partial charge >= 0.3 is 6.03 Å². The maximum absolute atomic E-state index is 13.0. The van der Waals surface area contributed by atoms with Gasteiger partial charge in [0.2, 0.25) is 15.9 Å². The van der Waals surface area contributed by atoms with Crippen LogP contribution in [0.15, 0.2) is 23.1 Å². The van der Waals surface area contributed by atoms with Crippen molar-refractivity contribution in [2.24, 2.45) is 0 Å². The van der Waals surface area contributed by atoms with Gasteiger partial charge in [0.25, 0.3) is 0 Å². The van der Waals surface area contributed by atoms with E-state index >= 15 is 0 Å². The second kappa shape index (κ2) is 8.59. The van der Waals surface area contributed by atoms with E-state index in [0.29, 0.717) is 31.1 Å². The first-order valence-electron chi connectivity index (χ1n) is 9.71. The lowest BCUT2D eigenvalue weighted by Crippen LogP contribution is -2.56. The molecule has 3 rings (SSSR count). The van der Waals surface area contributed by atoms with Crippen molar-refractivity contribution < 1.29 is 18.0 Å². The Morgan fingerprint density at radius 1 is 1.04 bits per heavy atom. The molecule has 1 fully saturated rings. The number of fused-ring (bicyclic) bond motifs is 1. The highest BCUT2D eigenvalue weighted by Crippen LogP contribution is 2.26. The average Bonchev–Trinajstić information content (AvgIpc) is 2.72. The molecule has 2 N–H and O–H groups in total. The Morgan fingerprint density at radius 3 is 2.32 bits per heavy atom. The fourth-order valence-electron chi connectivity index (χ4n) is 3.80. The minimum absolute atomic E-state index is 0.316. The topological polar surface area (TPSA) is 98.8 Å². The third-order valence-electron chi connectivity index (χ3n) is 5.62. The van der Waals surface area contributed by atoms with Crippen molar-refractivity contribution in [1.82, 2.24) is 19.8 Å². The van der Waals surface area contributed by atoms with Crippen LogP contribution in [0, 0.1) is 0 Å². The number of carbonyl (C=O) groups is 2. The van der Waals surface area contributed by atoms with Crippen LogP contribution in [0.5, 0.6) is 0 Å². The van der Waals surface area contributed by atoms with Crippen molar-refractivity contribution in [3.8, 4) is 0 Å². The third-order valence-corrected chi connectivity index (χ3v) is 7.52. The molecule has 0 radical (unpaired) electrons. The minimum atomic E-state index is -3.55. The van der Waals surface area contributed by atoms with Crippen LogP contribution in [-0.2, 0) is 27.7 Å². The zero-order valence-corrected chi connectivity index (χ0v) is 17.2. The van der Waals surface area contributed by atoms with Crippen LogP contribution in [0.1, 0.15) is 30.9 Å². The Labute approximate surface area is 166 Å². The summed E-state index contributed by atoms with van der Waals surface area (Å²) in [6.45, 7) is 3.22. The molecule has 3 amide bonds. The molecule has 9 heteroatoms. The van der Waals surface area contributed by atoms with E-state index in [4.69, 9.17) is 0 Å². The molecule has 28 heavy (non-hydrogen) atoms. The molecular weight excluding hydrogens is 380 g/mol. The smallest absolute Gasteiger partial charge is 0.321 e. The van der Waals surface area contributed by atoms with Crippen LogP contribution in [0.3, 0.4) is 0 Å². The third kappa shape index (κ3) is 4.37. The molecule has 1 saturated heterocycles. The molecule has 0 spiro atoms. The van der Waals surface area contributed by atoms with E-state index in [1.54, 1.807) is 13.0 Å². The van der Waals surface area contributed by atoms with Crippen molar-refractivity contribution >= 4 is 22.0 Å². The summed E-state index contributed by atoms with van der Waals surface area (Å²) in [5.74, 6) is -0.398. The molecule has 2 aliphatic rings. The summed E-state index contributed by atoms with van der Waals surface area (Å²) in [5, 5.41) is 4.60. The highest BCUT2D eigenvalue weighted by atomic mass is 32.2. The second-order valence-corrected chi connectivity index (χ2v) is 9.26. The number of imide groups is 1. The lowest BCUT2D eigenvalue weighted by Gasteiger charge is -2.36. The van der Waals surface area contributed by atoms with Gasteiger partial charge in [-0.3, -0.25) is 15.0 Å². The minimum Gasteiger partial charge on any atom is -0.341 e. The monoisotopic (exact) mass is 408 g/mol. The Hall–Kier alpha value is -1.97. The molecule has 0 aromatic heterocycles. The fourth-order valence-corrected chi connectivity index (χ4v) is 5.27. The van der Waals surface area contributed by atoms with Crippen molar-refractivity contribution in [3.63, 3.8) is 0 Å². The van der Waals surface area contributed by atoms with E-state index in [2.05, 4.69) is 10.6 Å². The predicted octanol–water partition coefficient (Wildman–Crippen LogP) is 0.716. The number of nitrogens with one attached hydrogen (secondary N) is 2. The Morgan fingerprint density at radius 2 is 1.68 bits per heavy atom. The molecule has 1 heterocycles. The molecule has 1 atom stereocenters. The number of rotatable bonds is 4. The highest BCUT2D eigenvalue weighted by molar-refractivity contribution is 7.89. The van der Waals surface area contributed by atoms with Gasteiger partial charge in [-0.05, 0) is 55.9 Å². The summed E-state index contributed by atoms with van der Waals surface area (Å²) >= 11 is 0. The molecular formula is C19H28N4O4S. The molecule has 1 aromatic carbocycles. The standard InChI is InChI=1S/C19H28N4O4S/c1-14(18(24)21-19(25)20-2)22-9-11-23(12-10-22)28(26,27)17-8-7-15-5-3-4-6-16(15)13-17/h7-8,13-14H,3-6,9-12H2,1-2H3,(H2,20,21,24,25)/t14-/m1/s1. The van der Waals surface area contributed by atoms with E-state index in [1.807, 2.05) is 17.0 Å². The first-order chi connectivity index (χ1) is 13.3. The van der Waals surface area contributed by atoms with Gasteiger partial charge in [-0.25, -0.2) is 13.2 Å². The van der Waals surface area contributed by atoms with E-state index in [-0.39, 0.29) is 0 Å². The SMILES string of the molecule is CNC(=O)NC(=O)[C@@H](C)N1CCN(S(=O)(=O)c2ccc3c(c2)CCCC3)CC1. The first-order valence-corrected chi connectivity index (χ1v) is 11.2. The van der Waals surface area contributed by atoms with Crippen LogP contribution in [0.25, 0.3) is 0 Å². The van der Waals surface area contributed by atoms with Crippen LogP contribution >= 0.6 is 0 Å². The lowest BCUT2D eigenvalue weighted by molar-refractivity contribution is -0.125. The number of urea groups is 1. The zero-order chi connectivity index (χ0) is 20.3.